The molecule has 8 atom stereocenters. The number of ether oxygens (including phenoxy) is 2. The van der Waals surface area contributed by atoms with Gasteiger partial charge in [0.05, 0.1) is 0 Å². The highest BCUT2D eigenvalue weighted by Crippen LogP contribution is 2.85. The van der Waals surface area contributed by atoms with Crippen molar-refractivity contribution in [2.45, 2.75) is 57.7 Å². The topological polar surface area (TPSA) is 52.6 Å². The molecule has 1 spiro atoms. The van der Waals surface area contributed by atoms with Crippen molar-refractivity contribution in [3.05, 3.63) is 12.2 Å². The summed E-state index contributed by atoms with van der Waals surface area (Å²) in [6, 6.07) is 0. The van der Waals surface area contributed by atoms with Crippen LogP contribution in [0.2, 0.25) is 0 Å². The molecule has 8 unspecified atom stereocenters. The normalized spacial score (nSPS) is 53.7. The summed E-state index contributed by atoms with van der Waals surface area (Å²) >= 11 is 0. The molecule has 5 aliphatic carbocycles. The summed E-state index contributed by atoms with van der Waals surface area (Å²) in [7, 11) is 0. The molecule has 0 heterocycles. The van der Waals surface area contributed by atoms with Crippen molar-refractivity contribution < 1.29 is 19.1 Å². The van der Waals surface area contributed by atoms with E-state index >= 15 is 0 Å². The van der Waals surface area contributed by atoms with Crippen molar-refractivity contribution >= 4 is 11.9 Å². The molecular formula is C19H24O4. The van der Waals surface area contributed by atoms with Crippen molar-refractivity contribution in [1.29, 1.82) is 0 Å². The quantitative estimate of drug-likeness (QED) is 0.593. The van der Waals surface area contributed by atoms with E-state index < -0.39 is 0 Å². The van der Waals surface area contributed by atoms with E-state index in [0.717, 1.165) is 19.3 Å². The van der Waals surface area contributed by atoms with Crippen LogP contribution in [0.25, 0.3) is 0 Å². The molecule has 4 heteroatoms. The minimum absolute atomic E-state index is 0.0860. The van der Waals surface area contributed by atoms with E-state index in [2.05, 4.69) is 6.58 Å². The van der Waals surface area contributed by atoms with Crippen molar-refractivity contribution in [2.75, 3.05) is 0 Å². The SMILES string of the molecule is C=C(C)C(=O)OC1CC2CC1C1C3CC4C(OC(C)=O)(C3)CC214. The lowest BCUT2D eigenvalue weighted by Gasteiger charge is -2.65. The highest BCUT2D eigenvalue weighted by molar-refractivity contribution is 5.87. The van der Waals surface area contributed by atoms with Gasteiger partial charge in [-0.15, -0.1) is 0 Å². The number of fused-ring (bicyclic) bond motifs is 5. The highest BCUT2D eigenvalue weighted by Gasteiger charge is 2.84. The lowest BCUT2D eigenvalue weighted by atomic mass is 9.42. The third-order valence-corrected chi connectivity index (χ3v) is 7.89. The summed E-state index contributed by atoms with van der Waals surface area (Å²) in [6.45, 7) is 6.95. The van der Waals surface area contributed by atoms with E-state index in [1.165, 1.54) is 19.8 Å². The maximum Gasteiger partial charge on any atom is 0.333 e. The zero-order valence-electron chi connectivity index (χ0n) is 13.8. The second-order valence-corrected chi connectivity index (χ2v) is 8.78. The number of carbonyl (C=O) groups excluding carboxylic acids is 2. The summed E-state index contributed by atoms with van der Waals surface area (Å²) < 4.78 is 11.5. The van der Waals surface area contributed by atoms with Crippen LogP contribution in [-0.2, 0) is 19.1 Å². The van der Waals surface area contributed by atoms with E-state index in [0.29, 0.717) is 40.6 Å². The Balaban J connectivity index is 1.39. The fourth-order valence-corrected chi connectivity index (χ4v) is 7.77. The summed E-state index contributed by atoms with van der Waals surface area (Å²) in [5, 5.41) is 0. The molecule has 4 nitrogen and oxygen atoms in total. The maximum absolute atomic E-state index is 11.9. The predicted octanol–water partition coefficient (Wildman–Crippen LogP) is 2.86. The highest BCUT2D eigenvalue weighted by atomic mass is 16.6. The Morgan fingerprint density at radius 2 is 1.96 bits per heavy atom. The third-order valence-electron chi connectivity index (χ3n) is 7.89. The van der Waals surface area contributed by atoms with E-state index in [1.807, 2.05) is 0 Å². The Kier molecular flexibility index (Phi) is 2.45. The molecule has 0 radical (unpaired) electrons. The molecule has 5 saturated carbocycles. The Labute approximate surface area is 136 Å². The molecule has 0 saturated heterocycles. The van der Waals surface area contributed by atoms with Crippen molar-refractivity contribution in [1.82, 2.24) is 0 Å². The molecule has 0 amide bonds. The van der Waals surface area contributed by atoms with Gasteiger partial charge in [0.1, 0.15) is 11.7 Å². The minimum Gasteiger partial charge on any atom is -0.459 e. The monoisotopic (exact) mass is 316 g/mol. The molecule has 5 aliphatic rings. The minimum atomic E-state index is -0.234. The summed E-state index contributed by atoms with van der Waals surface area (Å²) in [5.74, 6) is 2.74. The van der Waals surface area contributed by atoms with Gasteiger partial charge in [-0.1, -0.05) is 6.58 Å². The standard InChI is InChI=1S/C19H24O4/c1-9(2)17(21)22-14-6-12-5-13(14)16-11-4-15-18(7-11,23-10(3)20)8-19(12,15)16/h11-16H,1,4-8H2,2-3H3. The third kappa shape index (κ3) is 1.44. The molecule has 0 aliphatic heterocycles. The second kappa shape index (κ2) is 4.01. The Morgan fingerprint density at radius 1 is 1.17 bits per heavy atom. The van der Waals surface area contributed by atoms with E-state index in [1.54, 1.807) is 6.92 Å². The van der Waals surface area contributed by atoms with Gasteiger partial charge in [0.2, 0.25) is 0 Å². The Morgan fingerprint density at radius 3 is 2.65 bits per heavy atom. The molecule has 4 bridgehead atoms. The molecule has 124 valence electrons. The fourth-order valence-electron chi connectivity index (χ4n) is 7.77. The van der Waals surface area contributed by atoms with Gasteiger partial charge in [-0.05, 0) is 68.1 Å². The predicted molar refractivity (Wildman–Crippen MR) is 82.2 cm³/mol. The van der Waals surface area contributed by atoms with Crippen LogP contribution in [-0.4, -0.2) is 23.6 Å². The van der Waals surface area contributed by atoms with Crippen LogP contribution in [0.5, 0.6) is 0 Å². The van der Waals surface area contributed by atoms with E-state index in [-0.39, 0.29) is 23.6 Å². The number of esters is 2. The number of carbonyl (C=O) groups is 2. The number of hydrogen-bond acceptors (Lipinski definition) is 4. The number of rotatable bonds is 3. The summed E-state index contributed by atoms with van der Waals surface area (Å²) in [6.07, 6.45) is 5.60. The maximum atomic E-state index is 11.9. The van der Waals surface area contributed by atoms with Crippen LogP contribution in [0, 0.1) is 35.0 Å². The lowest BCUT2D eigenvalue weighted by Crippen LogP contribution is -2.67. The fraction of sp³-hybridized carbons (Fsp3) is 0.789. The average molecular weight is 316 g/mol. The molecule has 0 aromatic heterocycles. The molecular weight excluding hydrogens is 292 g/mol. The average Bonchev–Trinajstić information content (AvgIpc) is 3.13. The van der Waals surface area contributed by atoms with Crippen molar-refractivity contribution in [3.63, 3.8) is 0 Å². The van der Waals surface area contributed by atoms with Gasteiger partial charge in [0, 0.05) is 18.4 Å². The molecule has 5 fully saturated rings. The molecule has 0 aromatic carbocycles. The molecule has 0 N–H and O–H groups in total. The first-order valence-electron chi connectivity index (χ1n) is 8.93. The molecule has 23 heavy (non-hydrogen) atoms. The van der Waals surface area contributed by atoms with Gasteiger partial charge >= 0.3 is 11.9 Å². The zero-order valence-corrected chi connectivity index (χ0v) is 13.8. The summed E-state index contributed by atoms with van der Waals surface area (Å²) in [5.41, 5.74) is 0.754. The zero-order chi connectivity index (χ0) is 16.1. The first-order chi connectivity index (χ1) is 10.9. The second-order valence-electron chi connectivity index (χ2n) is 8.78. The van der Waals surface area contributed by atoms with Crippen LogP contribution in [0.3, 0.4) is 0 Å². The van der Waals surface area contributed by atoms with Gasteiger partial charge in [0.25, 0.3) is 0 Å². The smallest absolute Gasteiger partial charge is 0.333 e. The number of hydrogen-bond donors (Lipinski definition) is 0. The van der Waals surface area contributed by atoms with Crippen LogP contribution >= 0.6 is 0 Å². The van der Waals surface area contributed by atoms with E-state index in [4.69, 9.17) is 9.47 Å². The van der Waals surface area contributed by atoms with Crippen LogP contribution in [0.4, 0.5) is 0 Å². The molecule has 0 aromatic rings. The van der Waals surface area contributed by atoms with Gasteiger partial charge in [-0.25, -0.2) is 4.79 Å². The largest absolute Gasteiger partial charge is 0.459 e. The first kappa shape index (κ1) is 14.1. The van der Waals surface area contributed by atoms with Gasteiger partial charge < -0.3 is 9.47 Å². The van der Waals surface area contributed by atoms with Crippen molar-refractivity contribution in [3.8, 4) is 0 Å². The van der Waals surface area contributed by atoms with Crippen LogP contribution < -0.4 is 0 Å². The Hall–Kier alpha value is -1.32. The van der Waals surface area contributed by atoms with E-state index in [9.17, 15) is 9.59 Å². The van der Waals surface area contributed by atoms with Gasteiger partial charge in [-0.2, -0.15) is 0 Å². The first-order valence-corrected chi connectivity index (χ1v) is 8.93. The summed E-state index contributed by atoms with van der Waals surface area (Å²) in [4.78, 5) is 23.4. The van der Waals surface area contributed by atoms with Gasteiger partial charge in [-0.3, -0.25) is 4.79 Å². The lowest BCUT2D eigenvalue weighted by molar-refractivity contribution is -0.255. The van der Waals surface area contributed by atoms with Crippen LogP contribution in [0.1, 0.15) is 46.0 Å². The Bertz CT molecular complexity index is 639. The molecule has 5 rings (SSSR count). The van der Waals surface area contributed by atoms with Crippen LogP contribution in [0.15, 0.2) is 12.2 Å². The van der Waals surface area contributed by atoms with Gasteiger partial charge in [0.15, 0.2) is 0 Å². The van der Waals surface area contributed by atoms with Crippen molar-refractivity contribution in [2.24, 2.45) is 35.0 Å².